The second-order valence-electron chi connectivity index (χ2n) is 10.5. The van der Waals surface area contributed by atoms with Crippen molar-refractivity contribution in [3.05, 3.63) is 35.4 Å². The molecule has 0 saturated carbocycles. The number of esters is 1. The van der Waals surface area contributed by atoms with Crippen LogP contribution in [0.5, 0.6) is 34.5 Å². The molecule has 0 atom stereocenters. The Morgan fingerprint density at radius 1 is 0.622 bits per heavy atom. The number of amides is 2. The minimum absolute atomic E-state index is 0.239. The summed E-state index contributed by atoms with van der Waals surface area (Å²) in [4.78, 5) is 42.1. The van der Waals surface area contributed by atoms with Crippen LogP contribution in [0.3, 0.4) is 0 Å². The van der Waals surface area contributed by atoms with Crippen LogP contribution in [0.1, 0.15) is 46.9 Å². The third-order valence-electron chi connectivity index (χ3n) is 7.46. The highest BCUT2D eigenvalue weighted by Crippen LogP contribution is 2.35. The summed E-state index contributed by atoms with van der Waals surface area (Å²) in [6.07, 6.45) is 2.64. The van der Waals surface area contributed by atoms with E-state index in [0.717, 1.165) is 58.5 Å². The molecule has 2 amide bonds. The van der Waals surface area contributed by atoms with E-state index in [1.165, 1.54) is 47.5 Å². The summed E-state index contributed by atoms with van der Waals surface area (Å²) in [6, 6.07) is 6.31. The second kappa shape index (κ2) is 17.9. The fourth-order valence-corrected chi connectivity index (χ4v) is 5.22. The molecule has 248 valence electrons. The van der Waals surface area contributed by atoms with Crippen molar-refractivity contribution in [2.45, 2.75) is 26.2 Å². The lowest BCUT2D eigenvalue weighted by molar-refractivity contribution is -0.131. The minimum Gasteiger partial charge on any atom is -0.496 e. The molecule has 13 nitrogen and oxygen atoms in total. The normalized spacial score (nSPS) is 13.7. The highest BCUT2D eigenvalue weighted by Gasteiger charge is 2.22. The molecule has 0 radical (unpaired) electrons. The van der Waals surface area contributed by atoms with Gasteiger partial charge < -0.3 is 48.9 Å². The highest BCUT2D eigenvalue weighted by molar-refractivity contribution is 6.00. The molecule has 2 aromatic rings. The Balaban J connectivity index is 1.40. The van der Waals surface area contributed by atoms with E-state index in [4.69, 9.17) is 28.4 Å². The van der Waals surface area contributed by atoms with E-state index in [9.17, 15) is 14.4 Å². The maximum Gasteiger partial charge on any atom is 0.308 e. The summed E-state index contributed by atoms with van der Waals surface area (Å²) in [5.74, 6) is 1.03. The SMILES string of the molecule is COc1cc(OC)c(C(=O)NCCCN2CCCN(CCCNC(=O)c3c(OC)cc(OC(C)=O)cc3OC)CC2)c(OC)c1. The van der Waals surface area contributed by atoms with Crippen LogP contribution < -0.4 is 39.1 Å². The van der Waals surface area contributed by atoms with Gasteiger partial charge in [-0.2, -0.15) is 0 Å². The maximum absolute atomic E-state index is 13.0. The number of hydrogen-bond acceptors (Lipinski definition) is 11. The van der Waals surface area contributed by atoms with Crippen LogP contribution >= 0.6 is 0 Å². The lowest BCUT2D eigenvalue weighted by atomic mass is 10.1. The topological polar surface area (TPSA) is 137 Å². The first-order valence-corrected chi connectivity index (χ1v) is 15.0. The molecule has 2 N–H and O–H groups in total. The Bertz CT molecular complexity index is 1250. The van der Waals surface area contributed by atoms with E-state index in [2.05, 4.69) is 20.4 Å². The monoisotopic (exact) mass is 630 g/mol. The number of methoxy groups -OCH3 is 5. The third kappa shape index (κ3) is 10.1. The van der Waals surface area contributed by atoms with Crippen LogP contribution in [0.4, 0.5) is 0 Å². The standard InChI is InChI=1S/C32H46N4O9/c1-22(37)45-24-20-27(43-5)30(28(21-24)44-6)32(39)34-11-8-13-36-15-9-14-35(16-17-36)12-7-10-33-31(38)29-25(41-3)18-23(40-2)19-26(29)42-4/h18-21H,7-17H2,1-6H3,(H,33,38)(H,34,39). The molecule has 0 aliphatic carbocycles. The van der Waals surface area contributed by atoms with Crippen molar-refractivity contribution in [2.75, 3.05) is 87.9 Å². The van der Waals surface area contributed by atoms with Crippen LogP contribution in [-0.2, 0) is 4.79 Å². The molecule has 1 heterocycles. The summed E-state index contributed by atoms with van der Waals surface area (Å²) in [5, 5.41) is 5.93. The van der Waals surface area contributed by atoms with E-state index >= 15 is 0 Å². The van der Waals surface area contributed by atoms with Crippen molar-refractivity contribution < 1.29 is 42.8 Å². The molecular weight excluding hydrogens is 584 g/mol. The molecule has 13 heteroatoms. The van der Waals surface area contributed by atoms with Gasteiger partial charge in [0, 0.05) is 57.4 Å². The van der Waals surface area contributed by atoms with Gasteiger partial charge in [0.15, 0.2) is 0 Å². The van der Waals surface area contributed by atoms with Crippen molar-refractivity contribution in [1.29, 1.82) is 0 Å². The first-order chi connectivity index (χ1) is 21.7. The van der Waals surface area contributed by atoms with Gasteiger partial charge in [-0.15, -0.1) is 0 Å². The smallest absolute Gasteiger partial charge is 0.308 e. The fraction of sp³-hybridized carbons (Fsp3) is 0.531. The zero-order valence-electron chi connectivity index (χ0n) is 27.2. The number of benzene rings is 2. The van der Waals surface area contributed by atoms with Crippen molar-refractivity contribution in [3.63, 3.8) is 0 Å². The summed E-state index contributed by atoms with van der Waals surface area (Å²) in [5.41, 5.74) is 0.595. The van der Waals surface area contributed by atoms with Gasteiger partial charge in [-0.05, 0) is 45.4 Å². The van der Waals surface area contributed by atoms with Gasteiger partial charge in [0.25, 0.3) is 11.8 Å². The van der Waals surface area contributed by atoms with Crippen molar-refractivity contribution in [3.8, 4) is 34.5 Å². The van der Waals surface area contributed by atoms with Crippen LogP contribution in [-0.4, -0.2) is 115 Å². The van der Waals surface area contributed by atoms with Gasteiger partial charge in [-0.25, -0.2) is 0 Å². The van der Waals surface area contributed by atoms with Crippen molar-refractivity contribution >= 4 is 17.8 Å². The van der Waals surface area contributed by atoms with Crippen LogP contribution in [0.2, 0.25) is 0 Å². The van der Waals surface area contributed by atoms with E-state index in [1.54, 1.807) is 19.2 Å². The Morgan fingerprint density at radius 3 is 1.38 bits per heavy atom. The van der Waals surface area contributed by atoms with Gasteiger partial charge in [0.2, 0.25) is 0 Å². The van der Waals surface area contributed by atoms with E-state index in [0.29, 0.717) is 35.9 Å². The predicted octanol–water partition coefficient (Wildman–Crippen LogP) is 2.60. The zero-order valence-corrected chi connectivity index (χ0v) is 27.2. The zero-order chi connectivity index (χ0) is 32.8. The predicted molar refractivity (Wildman–Crippen MR) is 168 cm³/mol. The average molecular weight is 631 g/mol. The number of carbonyl (C=O) groups excluding carboxylic acids is 3. The highest BCUT2D eigenvalue weighted by atomic mass is 16.5. The van der Waals surface area contributed by atoms with Gasteiger partial charge in [-0.1, -0.05) is 0 Å². The fourth-order valence-electron chi connectivity index (χ4n) is 5.22. The Kier molecular flexibility index (Phi) is 14.0. The third-order valence-corrected chi connectivity index (χ3v) is 7.46. The minimum atomic E-state index is -0.482. The first kappa shape index (κ1) is 35.3. The molecule has 0 bridgehead atoms. The number of nitrogens with zero attached hydrogens (tertiary/aromatic N) is 2. The molecule has 3 rings (SSSR count). The molecule has 0 spiro atoms. The molecule has 45 heavy (non-hydrogen) atoms. The van der Waals surface area contributed by atoms with Gasteiger partial charge >= 0.3 is 5.97 Å². The number of hydrogen-bond donors (Lipinski definition) is 2. The van der Waals surface area contributed by atoms with Gasteiger partial charge in [0.05, 0.1) is 35.5 Å². The van der Waals surface area contributed by atoms with Crippen LogP contribution in [0, 0.1) is 0 Å². The second-order valence-corrected chi connectivity index (χ2v) is 10.5. The van der Waals surface area contributed by atoms with Gasteiger partial charge in [-0.3, -0.25) is 14.4 Å². The maximum atomic E-state index is 13.0. The largest absolute Gasteiger partial charge is 0.496 e. The Hall–Kier alpha value is -4.23. The summed E-state index contributed by atoms with van der Waals surface area (Å²) in [6.45, 7) is 7.88. The molecular formula is C32H46N4O9. The van der Waals surface area contributed by atoms with E-state index in [1.807, 2.05) is 0 Å². The average Bonchev–Trinajstić information content (AvgIpc) is 3.28. The summed E-state index contributed by atoms with van der Waals surface area (Å²) in [7, 11) is 7.45. The van der Waals surface area contributed by atoms with Crippen LogP contribution in [0.25, 0.3) is 0 Å². The number of ether oxygens (including phenoxy) is 6. The molecule has 0 aromatic heterocycles. The number of carbonyl (C=O) groups is 3. The molecule has 1 saturated heterocycles. The molecule has 0 unspecified atom stereocenters. The lowest BCUT2D eigenvalue weighted by Gasteiger charge is -2.22. The number of nitrogens with one attached hydrogen (secondary N) is 2. The lowest BCUT2D eigenvalue weighted by Crippen LogP contribution is -2.34. The first-order valence-electron chi connectivity index (χ1n) is 15.0. The van der Waals surface area contributed by atoms with E-state index < -0.39 is 5.97 Å². The van der Waals surface area contributed by atoms with E-state index in [-0.39, 0.29) is 34.6 Å². The Morgan fingerprint density at radius 2 is 1.02 bits per heavy atom. The summed E-state index contributed by atoms with van der Waals surface area (Å²) < 4.78 is 31.9. The molecule has 1 aliphatic rings. The molecule has 1 aliphatic heterocycles. The molecule has 2 aromatic carbocycles. The van der Waals surface area contributed by atoms with Crippen molar-refractivity contribution in [2.24, 2.45) is 0 Å². The quantitative estimate of drug-likeness (QED) is 0.161. The summed E-state index contributed by atoms with van der Waals surface area (Å²) >= 11 is 0. The Labute approximate surface area is 265 Å². The molecule has 1 fully saturated rings. The van der Waals surface area contributed by atoms with Crippen molar-refractivity contribution in [1.82, 2.24) is 20.4 Å². The van der Waals surface area contributed by atoms with Crippen LogP contribution in [0.15, 0.2) is 24.3 Å². The van der Waals surface area contributed by atoms with Gasteiger partial charge in [0.1, 0.15) is 45.6 Å². The number of rotatable bonds is 16.